The van der Waals surface area contributed by atoms with E-state index in [2.05, 4.69) is 0 Å². The van der Waals surface area contributed by atoms with E-state index in [1.54, 1.807) is 23.6 Å². The Bertz CT molecular complexity index is 1160. The molecule has 12 N–H and O–H groups in total. The van der Waals surface area contributed by atoms with Crippen LogP contribution in [0.2, 0.25) is 0 Å². The number of rotatable bonds is 12. The van der Waals surface area contributed by atoms with E-state index in [1.807, 2.05) is 0 Å². The molecule has 2 atom stereocenters. The second-order valence-corrected chi connectivity index (χ2v) is 21.1. The van der Waals surface area contributed by atoms with Crippen molar-refractivity contribution in [1.82, 2.24) is 19.6 Å². The summed E-state index contributed by atoms with van der Waals surface area (Å²) in [5, 5.41) is 33.4. The fourth-order valence-electron chi connectivity index (χ4n) is 4.91. The number of β-amino-alcohol motifs (C(OH)–C–C–N with tert-alkyl or cyclic N) is 4. The molecule has 276 valence electrons. The zero-order chi connectivity index (χ0) is 36.2. The number of nitrogens with zero attached hydrogens (tertiary/aromatic N) is 4. The molecule has 1 heterocycles. The molecule has 24 heteroatoms. The molecule has 2 unspecified atom stereocenters. The third-order valence-electron chi connectivity index (χ3n) is 7.64. The average molecular weight is 753 g/mol. The number of aliphatic hydroxyl groups is 4. The van der Waals surface area contributed by atoms with Crippen LogP contribution in [0.3, 0.4) is 0 Å². The van der Waals surface area contributed by atoms with Crippen molar-refractivity contribution < 1.29 is 77.8 Å². The molecule has 0 aromatic carbocycles. The molecule has 1 rings (SSSR count). The van der Waals surface area contributed by atoms with Crippen LogP contribution in [0.1, 0.15) is 40.5 Å². The monoisotopic (exact) mass is 752 g/mol. The van der Waals surface area contributed by atoms with Gasteiger partial charge in [-0.3, -0.25) is 37.9 Å². The van der Waals surface area contributed by atoms with Gasteiger partial charge >= 0.3 is 30.4 Å². The first-order valence-corrected chi connectivity index (χ1v) is 20.8. The lowest BCUT2D eigenvalue weighted by Crippen LogP contribution is -2.50. The summed E-state index contributed by atoms with van der Waals surface area (Å²) in [5.41, 5.74) is -1.20. The van der Waals surface area contributed by atoms with Gasteiger partial charge in [0.25, 0.3) is 5.08 Å². The Morgan fingerprint density at radius 2 is 0.696 bits per heavy atom. The summed E-state index contributed by atoms with van der Waals surface area (Å²) in [6.07, 6.45) is 0.323. The van der Waals surface area contributed by atoms with E-state index in [9.17, 15) is 77.8 Å². The van der Waals surface area contributed by atoms with Crippen LogP contribution in [0, 0.1) is 0 Å². The van der Waals surface area contributed by atoms with Crippen LogP contribution in [0.25, 0.3) is 0 Å². The lowest BCUT2D eigenvalue weighted by Gasteiger charge is -2.38. The highest BCUT2D eigenvalue weighted by molar-refractivity contribution is 7.72. The van der Waals surface area contributed by atoms with Crippen molar-refractivity contribution in [3.63, 3.8) is 0 Å². The maximum Gasteiger partial charge on any atom is 0.370 e. The van der Waals surface area contributed by atoms with Crippen LogP contribution in [0.4, 0.5) is 0 Å². The van der Waals surface area contributed by atoms with E-state index in [0.717, 1.165) is 13.8 Å². The molecule has 1 saturated heterocycles. The molecule has 0 bridgehead atoms. The molecule has 46 heavy (non-hydrogen) atoms. The van der Waals surface area contributed by atoms with Crippen molar-refractivity contribution >= 4 is 30.4 Å². The van der Waals surface area contributed by atoms with Gasteiger partial charge in [0.05, 0.1) is 12.1 Å². The highest BCUT2D eigenvalue weighted by Gasteiger charge is 2.60. The maximum atomic E-state index is 12.1. The molecular formula is C22H52N4O16P4. The van der Waals surface area contributed by atoms with Crippen molar-refractivity contribution in [3.05, 3.63) is 0 Å². The zero-order valence-electron chi connectivity index (χ0n) is 26.5. The van der Waals surface area contributed by atoms with Crippen molar-refractivity contribution in [1.29, 1.82) is 0 Å². The van der Waals surface area contributed by atoms with Crippen LogP contribution in [0.5, 0.6) is 0 Å². The molecule has 0 spiro atoms. The van der Waals surface area contributed by atoms with E-state index in [-0.39, 0.29) is 71.7 Å². The second-order valence-electron chi connectivity index (χ2n) is 13.0. The predicted molar refractivity (Wildman–Crippen MR) is 166 cm³/mol. The van der Waals surface area contributed by atoms with Crippen LogP contribution in [-0.4, -0.2) is 179 Å². The van der Waals surface area contributed by atoms with Crippen molar-refractivity contribution in [2.75, 3.05) is 78.5 Å². The highest BCUT2D eigenvalue weighted by Crippen LogP contribution is 2.67. The first-order valence-electron chi connectivity index (χ1n) is 14.3. The van der Waals surface area contributed by atoms with Crippen LogP contribution in [0.15, 0.2) is 0 Å². The quantitative estimate of drug-likeness (QED) is 0.0919. The van der Waals surface area contributed by atoms with Gasteiger partial charge in [0.2, 0.25) is 0 Å². The summed E-state index contributed by atoms with van der Waals surface area (Å²) >= 11 is 0. The van der Waals surface area contributed by atoms with E-state index < -0.39 is 71.4 Å². The zero-order valence-corrected chi connectivity index (χ0v) is 30.1. The predicted octanol–water partition coefficient (Wildman–Crippen LogP) is -2.47. The first kappa shape index (κ1) is 44.3. The van der Waals surface area contributed by atoms with Crippen molar-refractivity contribution in [2.24, 2.45) is 0 Å². The molecule has 0 amide bonds. The number of hydrogen-bond acceptors (Lipinski definition) is 12. The summed E-state index contributed by atoms with van der Waals surface area (Å²) in [4.78, 5) is 83.4. The Morgan fingerprint density at radius 1 is 0.435 bits per heavy atom. The van der Waals surface area contributed by atoms with Gasteiger partial charge < -0.3 is 59.6 Å². The molecule has 0 aromatic rings. The van der Waals surface area contributed by atoms with E-state index in [0.29, 0.717) is 0 Å². The summed E-state index contributed by atoms with van der Waals surface area (Å²) in [6, 6.07) is 0. The summed E-state index contributed by atoms with van der Waals surface area (Å²) in [5.74, 6) is 0. The lowest BCUT2D eigenvalue weighted by atomic mass is 10.1. The van der Waals surface area contributed by atoms with Gasteiger partial charge in [-0.05, 0) is 66.7 Å². The molecule has 1 aliphatic rings. The van der Waals surface area contributed by atoms with Gasteiger partial charge in [0.15, 0.2) is 10.7 Å². The van der Waals surface area contributed by atoms with Gasteiger partial charge in [0, 0.05) is 45.8 Å². The molecule has 1 fully saturated rings. The lowest BCUT2D eigenvalue weighted by molar-refractivity contribution is 0.0209. The second kappa shape index (κ2) is 16.1. The molecule has 20 nitrogen and oxygen atoms in total. The fourth-order valence-corrected chi connectivity index (χ4v) is 7.81. The van der Waals surface area contributed by atoms with E-state index in [4.69, 9.17) is 0 Å². The normalized spacial score (nSPS) is 22.6. The van der Waals surface area contributed by atoms with Gasteiger partial charge in [-0.25, -0.2) is 0 Å². The van der Waals surface area contributed by atoms with E-state index >= 15 is 0 Å². The standard InChI is InChI=1S/C22H52N4O16P4/c1-19(2,27)15-23-7-5-10-26(18-22(30,45(37,38)39)46(40,41)42)14-13-25(17-21(4,29)44(34,35)36)9-6-8-24(12-11-23)16-20(3,28)43(31,32)33/h27-30H,5-18H2,1-4H3,(H2,31,32,33)(H2,34,35,36)(H2,37,38,39)(H2,40,41,42). The van der Waals surface area contributed by atoms with Gasteiger partial charge in [0.1, 0.15) is 0 Å². The number of hydrogen-bond donors (Lipinski definition) is 12. The minimum absolute atomic E-state index is 0.00676. The third kappa shape index (κ3) is 13.5. The SMILES string of the molecule is CC(C)(O)CN1CCCN(CC(O)(P(=O)(O)O)P(=O)(O)O)CCN(CC(C)(O)P(=O)(O)O)CCCN(CC(C)(O)P(=O)(O)O)CC1. The van der Waals surface area contributed by atoms with Gasteiger partial charge in [-0.1, -0.05) is 0 Å². The largest absolute Gasteiger partial charge is 0.389 e. The van der Waals surface area contributed by atoms with Crippen molar-refractivity contribution in [3.8, 4) is 0 Å². The summed E-state index contributed by atoms with van der Waals surface area (Å²) < 4.78 is 48.1. The summed E-state index contributed by atoms with van der Waals surface area (Å²) in [7, 11) is -21.7. The third-order valence-corrected chi connectivity index (χ3v) is 14.1. The Balaban J connectivity index is 3.50. The molecule has 0 radical (unpaired) electrons. The topological polar surface area (TPSA) is 324 Å². The molecule has 0 aromatic heterocycles. The smallest absolute Gasteiger partial charge is 0.370 e. The van der Waals surface area contributed by atoms with Crippen LogP contribution in [-0.2, 0) is 18.3 Å². The van der Waals surface area contributed by atoms with Crippen LogP contribution >= 0.6 is 30.4 Å². The van der Waals surface area contributed by atoms with Gasteiger partial charge in [-0.2, -0.15) is 0 Å². The minimum atomic E-state index is -5.83. The molecule has 0 saturated carbocycles. The Hall–Kier alpha value is 0.280. The van der Waals surface area contributed by atoms with Crippen LogP contribution < -0.4 is 0 Å². The Kier molecular flexibility index (Phi) is 15.5. The fraction of sp³-hybridized carbons (Fsp3) is 1.00. The molecular weight excluding hydrogens is 700 g/mol. The highest BCUT2D eigenvalue weighted by atomic mass is 31.2. The molecule has 1 aliphatic heterocycles. The Morgan fingerprint density at radius 3 is 0.935 bits per heavy atom. The van der Waals surface area contributed by atoms with Crippen molar-refractivity contribution in [2.45, 2.75) is 61.9 Å². The Labute approximate surface area is 268 Å². The van der Waals surface area contributed by atoms with Gasteiger partial charge in [-0.15, -0.1) is 0 Å². The minimum Gasteiger partial charge on any atom is -0.389 e. The first-order chi connectivity index (χ1) is 20.3. The summed E-state index contributed by atoms with van der Waals surface area (Å²) in [6.45, 7) is 2.92. The van der Waals surface area contributed by atoms with E-state index in [1.165, 1.54) is 9.80 Å². The average Bonchev–Trinajstić information content (AvgIpc) is 2.80. The maximum absolute atomic E-state index is 12.1. The molecule has 0 aliphatic carbocycles.